The second kappa shape index (κ2) is 10.2. The smallest absolute Gasteiger partial charge is 0.240 e. The summed E-state index contributed by atoms with van der Waals surface area (Å²) in [5.41, 5.74) is 0.298. The van der Waals surface area contributed by atoms with Gasteiger partial charge in [-0.15, -0.1) is 0 Å². The first-order valence-corrected chi connectivity index (χ1v) is 11.8. The molecule has 0 aliphatic carbocycles. The van der Waals surface area contributed by atoms with E-state index in [0.717, 1.165) is 27.1 Å². The molecule has 0 aliphatic heterocycles. The van der Waals surface area contributed by atoms with E-state index in [1.54, 1.807) is 12.1 Å². The summed E-state index contributed by atoms with van der Waals surface area (Å²) in [7, 11) is -0.771. The summed E-state index contributed by atoms with van der Waals surface area (Å²) in [6, 6.07) is 18.3. The number of carbonyl (C=O) groups is 1. The van der Waals surface area contributed by atoms with Crippen molar-refractivity contribution in [3.8, 4) is 17.2 Å². The zero-order chi connectivity index (χ0) is 23.1. The predicted octanol–water partition coefficient (Wildman–Crippen LogP) is 2.82. The normalized spacial score (nSPS) is 11.1. The molecule has 3 aromatic rings. The van der Waals surface area contributed by atoms with Crippen molar-refractivity contribution in [1.29, 1.82) is 0 Å². The quantitative estimate of drug-likeness (QED) is 0.470. The van der Waals surface area contributed by atoms with Crippen molar-refractivity contribution in [2.75, 3.05) is 44.5 Å². The van der Waals surface area contributed by atoms with Crippen LogP contribution in [-0.2, 0) is 14.8 Å². The summed E-state index contributed by atoms with van der Waals surface area (Å²) in [6.45, 7) is 0.100. The minimum atomic E-state index is -3.71. The van der Waals surface area contributed by atoms with E-state index in [1.807, 2.05) is 42.5 Å². The van der Waals surface area contributed by atoms with Gasteiger partial charge < -0.3 is 19.5 Å². The van der Waals surface area contributed by atoms with Crippen molar-refractivity contribution in [3.05, 3.63) is 60.7 Å². The third-order valence-corrected chi connectivity index (χ3v) is 5.91. The molecule has 0 unspecified atom stereocenters. The van der Waals surface area contributed by atoms with Gasteiger partial charge in [0.15, 0.2) is 11.5 Å². The Bertz CT molecular complexity index is 1190. The Balaban J connectivity index is 1.61. The highest BCUT2D eigenvalue weighted by atomic mass is 32.2. The molecule has 0 radical (unpaired) electrons. The van der Waals surface area contributed by atoms with Crippen LogP contribution in [0.15, 0.2) is 60.7 Å². The van der Waals surface area contributed by atoms with E-state index in [4.69, 9.17) is 14.2 Å². The molecule has 0 aromatic heterocycles. The van der Waals surface area contributed by atoms with Crippen molar-refractivity contribution in [1.82, 2.24) is 5.32 Å². The SMILES string of the molecule is COc1ccc(N(CC(=O)NCCOc2cccc3ccccc23)S(C)(=O)=O)cc1OC. The van der Waals surface area contributed by atoms with Crippen molar-refractivity contribution >= 4 is 32.4 Å². The third kappa shape index (κ3) is 5.61. The number of hydrogen-bond acceptors (Lipinski definition) is 6. The maximum Gasteiger partial charge on any atom is 0.240 e. The third-order valence-electron chi connectivity index (χ3n) is 4.77. The van der Waals surface area contributed by atoms with Crippen LogP contribution < -0.4 is 23.8 Å². The predicted molar refractivity (Wildman–Crippen MR) is 124 cm³/mol. The number of anilines is 1. The molecule has 9 heteroatoms. The molecule has 8 nitrogen and oxygen atoms in total. The average Bonchev–Trinajstić information content (AvgIpc) is 2.79. The lowest BCUT2D eigenvalue weighted by Crippen LogP contribution is -2.41. The summed E-state index contributed by atoms with van der Waals surface area (Å²) >= 11 is 0. The fourth-order valence-electron chi connectivity index (χ4n) is 3.24. The van der Waals surface area contributed by atoms with Crippen LogP contribution in [-0.4, -0.2) is 54.5 Å². The molecule has 0 atom stereocenters. The fraction of sp³-hybridized carbons (Fsp3) is 0.261. The highest BCUT2D eigenvalue weighted by Crippen LogP contribution is 2.32. The van der Waals surface area contributed by atoms with Crippen LogP contribution >= 0.6 is 0 Å². The van der Waals surface area contributed by atoms with Gasteiger partial charge in [-0.2, -0.15) is 0 Å². The Morgan fingerprint density at radius 3 is 2.38 bits per heavy atom. The van der Waals surface area contributed by atoms with Crippen LogP contribution in [0.3, 0.4) is 0 Å². The minimum absolute atomic E-state index is 0.228. The van der Waals surface area contributed by atoms with Gasteiger partial charge >= 0.3 is 0 Å². The largest absolute Gasteiger partial charge is 0.493 e. The van der Waals surface area contributed by atoms with Gasteiger partial charge in [-0.25, -0.2) is 8.42 Å². The molecule has 0 heterocycles. The number of sulfonamides is 1. The molecule has 1 amide bonds. The number of ether oxygens (including phenoxy) is 3. The summed E-state index contributed by atoms with van der Waals surface area (Å²) < 4.78 is 41.8. The maximum atomic E-state index is 12.4. The second-order valence-electron chi connectivity index (χ2n) is 6.98. The molecule has 0 aliphatic rings. The minimum Gasteiger partial charge on any atom is -0.493 e. The Morgan fingerprint density at radius 1 is 0.938 bits per heavy atom. The molecule has 170 valence electrons. The number of nitrogens with one attached hydrogen (secondary N) is 1. The summed E-state index contributed by atoms with van der Waals surface area (Å²) in [5.74, 6) is 1.09. The van der Waals surface area contributed by atoms with Crippen molar-refractivity contribution < 1.29 is 27.4 Å². The van der Waals surface area contributed by atoms with Crippen molar-refractivity contribution in [3.63, 3.8) is 0 Å². The van der Waals surface area contributed by atoms with Crippen molar-refractivity contribution in [2.45, 2.75) is 0 Å². The molecule has 0 saturated heterocycles. The average molecular weight is 459 g/mol. The van der Waals surface area contributed by atoms with Crippen LogP contribution in [0.5, 0.6) is 17.2 Å². The zero-order valence-electron chi connectivity index (χ0n) is 18.2. The van der Waals surface area contributed by atoms with E-state index < -0.39 is 15.9 Å². The number of hydrogen-bond donors (Lipinski definition) is 1. The number of carbonyl (C=O) groups excluding carboxylic acids is 1. The number of nitrogens with zero attached hydrogens (tertiary/aromatic N) is 1. The van der Waals surface area contributed by atoms with E-state index >= 15 is 0 Å². The van der Waals surface area contributed by atoms with E-state index in [0.29, 0.717) is 17.2 Å². The Kier molecular flexibility index (Phi) is 7.42. The Hall–Kier alpha value is -3.46. The number of benzene rings is 3. The Labute approximate surface area is 187 Å². The molecule has 0 saturated carbocycles. The lowest BCUT2D eigenvalue weighted by molar-refractivity contribution is -0.119. The molecule has 3 rings (SSSR count). The molecular formula is C23H26N2O6S. The molecular weight excluding hydrogens is 432 g/mol. The van der Waals surface area contributed by atoms with Gasteiger partial charge in [-0.3, -0.25) is 9.10 Å². The van der Waals surface area contributed by atoms with E-state index in [-0.39, 0.29) is 19.7 Å². The highest BCUT2D eigenvalue weighted by molar-refractivity contribution is 7.92. The number of rotatable bonds is 10. The summed E-state index contributed by atoms with van der Waals surface area (Å²) in [5, 5.41) is 4.75. The van der Waals surface area contributed by atoms with Gasteiger partial charge in [0.2, 0.25) is 15.9 Å². The topological polar surface area (TPSA) is 94.2 Å². The van der Waals surface area contributed by atoms with Gasteiger partial charge in [0, 0.05) is 11.5 Å². The lowest BCUT2D eigenvalue weighted by Gasteiger charge is -2.23. The lowest BCUT2D eigenvalue weighted by atomic mass is 10.1. The monoisotopic (exact) mass is 458 g/mol. The van der Waals surface area contributed by atoms with Gasteiger partial charge in [-0.05, 0) is 23.6 Å². The van der Waals surface area contributed by atoms with Gasteiger partial charge in [0.05, 0.1) is 32.7 Å². The van der Waals surface area contributed by atoms with Crippen LogP contribution in [0.1, 0.15) is 0 Å². The fourth-order valence-corrected chi connectivity index (χ4v) is 4.09. The standard InChI is InChI=1S/C23H26N2O6S/c1-29-21-12-11-18(15-22(21)30-2)25(32(3,27)28)16-23(26)24-13-14-31-20-10-6-8-17-7-4-5-9-19(17)20/h4-12,15H,13-14,16H2,1-3H3,(H,24,26). The number of fused-ring (bicyclic) bond motifs is 1. The Morgan fingerprint density at radius 2 is 1.66 bits per heavy atom. The maximum absolute atomic E-state index is 12.4. The second-order valence-corrected chi connectivity index (χ2v) is 8.89. The van der Waals surface area contributed by atoms with Gasteiger partial charge in [0.1, 0.15) is 18.9 Å². The molecule has 0 spiro atoms. The van der Waals surface area contributed by atoms with E-state index in [1.165, 1.54) is 20.3 Å². The van der Waals surface area contributed by atoms with Crippen LogP contribution in [0.2, 0.25) is 0 Å². The van der Waals surface area contributed by atoms with Crippen LogP contribution in [0.4, 0.5) is 5.69 Å². The van der Waals surface area contributed by atoms with E-state index in [2.05, 4.69) is 5.32 Å². The first kappa shape index (κ1) is 23.2. The first-order valence-electron chi connectivity index (χ1n) is 9.90. The number of amides is 1. The van der Waals surface area contributed by atoms with Crippen LogP contribution in [0, 0.1) is 0 Å². The molecule has 0 fully saturated rings. The summed E-state index contributed by atoms with van der Waals surface area (Å²) in [6.07, 6.45) is 1.04. The van der Waals surface area contributed by atoms with Crippen LogP contribution in [0.25, 0.3) is 10.8 Å². The van der Waals surface area contributed by atoms with Gasteiger partial charge in [0.25, 0.3) is 0 Å². The van der Waals surface area contributed by atoms with E-state index in [9.17, 15) is 13.2 Å². The molecule has 32 heavy (non-hydrogen) atoms. The zero-order valence-corrected chi connectivity index (χ0v) is 19.0. The molecule has 1 N–H and O–H groups in total. The number of methoxy groups -OCH3 is 2. The highest BCUT2D eigenvalue weighted by Gasteiger charge is 2.22. The molecule has 3 aromatic carbocycles. The summed E-state index contributed by atoms with van der Waals surface area (Å²) in [4.78, 5) is 12.4. The molecule has 0 bridgehead atoms. The first-order chi connectivity index (χ1) is 15.3. The van der Waals surface area contributed by atoms with Gasteiger partial charge in [-0.1, -0.05) is 36.4 Å². The van der Waals surface area contributed by atoms with Crippen molar-refractivity contribution in [2.24, 2.45) is 0 Å².